The first-order valence-corrected chi connectivity index (χ1v) is 6.37. The summed E-state index contributed by atoms with van der Waals surface area (Å²) in [6.45, 7) is 3.92. The van der Waals surface area contributed by atoms with Crippen LogP contribution in [-0.2, 0) is 4.74 Å². The Labute approximate surface area is 109 Å². The van der Waals surface area contributed by atoms with Gasteiger partial charge in [-0.2, -0.15) is 0 Å². The molecule has 0 spiro atoms. The third-order valence-electron chi connectivity index (χ3n) is 3.54. The van der Waals surface area contributed by atoms with E-state index in [-0.39, 0.29) is 6.04 Å². The first-order chi connectivity index (χ1) is 8.67. The van der Waals surface area contributed by atoms with Crippen LogP contribution < -0.4 is 15.4 Å². The lowest BCUT2D eigenvalue weighted by atomic mass is 10.0. The highest BCUT2D eigenvalue weighted by Crippen LogP contribution is 2.35. The minimum absolute atomic E-state index is 0.0438. The summed E-state index contributed by atoms with van der Waals surface area (Å²) in [5, 5.41) is 0. The molecule has 2 unspecified atom stereocenters. The second-order valence-electron chi connectivity index (χ2n) is 4.77. The smallest absolute Gasteiger partial charge is 0.125 e. The number of methoxy groups -OCH3 is 2. The van der Waals surface area contributed by atoms with Crippen LogP contribution in [0.2, 0.25) is 0 Å². The van der Waals surface area contributed by atoms with E-state index in [0.717, 1.165) is 30.8 Å². The highest BCUT2D eigenvalue weighted by Gasteiger charge is 2.25. The van der Waals surface area contributed by atoms with E-state index in [1.807, 2.05) is 19.1 Å². The first-order valence-electron chi connectivity index (χ1n) is 6.37. The summed E-state index contributed by atoms with van der Waals surface area (Å²) in [7, 11) is 3.46. The van der Waals surface area contributed by atoms with Gasteiger partial charge in [-0.15, -0.1) is 0 Å². The molecule has 2 atom stereocenters. The lowest BCUT2D eigenvalue weighted by Crippen LogP contribution is -2.24. The highest BCUT2D eigenvalue weighted by molar-refractivity contribution is 5.61. The number of benzene rings is 1. The number of nitrogens with two attached hydrogens (primary N) is 1. The summed E-state index contributed by atoms with van der Waals surface area (Å²) in [6.07, 6.45) is 1.38. The van der Waals surface area contributed by atoms with E-state index in [1.54, 1.807) is 14.2 Å². The van der Waals surface area contributed by atoms with Gasteiger partial charge in [0.05, 0.1) is 13.2 Å². The number of hydrogen-bond acceptors (Lipinski definition) is 4. The minimum atomic E-state index is -0.0438. The first kappa shape index (κ1) is 13.2. The number of anilines is 1. The second-order valence-corrected chi connectivity index (χ2v) is 4.77. The Hall–Kier alpha value is -1.26. The average molecular weight is 250 g/mol. The Bertz CT molecular complexity index is 407. The third kappa shape index (κ3) is 2.44. The average Bonchev–Trinajstić information content (AvgIpc) is 2.86. The van der Waals surface area contributed by atoms with E-state index in [9.17, 15) is 0 Å². The summed E-state index contributed by atoms with van der Waals surface area (Å²) >= 11 is 0. The van der Waals surface area contributed by atoms with Gasteiger partial charge in [0.2, 0.25) is 0 Å². The second kappa shape index (κ2) is 5.59. The summed E-state index contributed by atoms with van der Waals surface area (Å²) < 4.78 is 10.8. The molecule has 1 aromatic rings. The maximum atomic E-state index is 6.09. The van der Waals surface area contributed by atoms with Crippen LogP contribution in [0, 0.1) is 0 Å². The molecule has 4 nitrogen and oxygen atoms in total. The SMILES string of the molecule is COc1cccc(N2CCC(OC)C2)c1C(C)N. The summed E-state index contributed by atoms with van der Waals surface area (Å²) in [5.74, 6) is 0.864. The van der Waals surface area contributed by atoms with E-state index in [4.69, 9.17) is 15.2 Å². The molecule has 0 radical (unpaired) electrons. The fourth-order valence-corrected chi connectivity index (χ4v) is 2.58. The third-order valence-corrected chi connectivity index (χ3v) is 3.54. The van der Waals surface area contributed by atoms with Gasteiger partial charge in [0.25, 0.3) is 0 Å². The van der Waals surface area contributed by atoms with Gasteiger partial charge in [-0.1, -0.05) is 6.07 Å². The molecule has 0 amide bonds. The summed E-state index contributed by atoms with van der Waals surface area (Å²) in [4.78, 5) is 2.33. The lowest BCUT2D eigenvalue weighted by molar-refractivity contribution is 0.121. The van der Waals surface area contributed by atoms with Crippen LogP contribution >= 0.6 is 0 Å². The van der Waals surface area contributed by atoms with Gasteiger partial charge in [0.15, 0.2) is 0 Å². The molecule has 100 valence electrons. The van der Waals surface area contributed by atoms with Crippen molar-refractivity contribution >= 4 is 5.69 Å². The van der Waals surface area contributed by atoms with Crippen molar-refractivity contribution in [2.45, 2.75) is 25.5 Å². The zero-order valence-corrected chi connectivity index (χ0v) is 11.3. The number of hydrogen-bond donors (Lipinski definition) is 1. The Kier molecular flexibility index (Phi) is 4.09. The molecule has 2 N–H and O–H groups in total. The predicted octanol–water partition coefficient (Wildman–Crippen LogP) is 1.94. The van der Waals surface area contributed by atoms with E-state index >= 15 is 0 Å². The molecular weight excluding hydrogens is 228 g/mol. The van der Waals surface area contributed by atoms with Gasteiger partial charge in [-0.05, 0) is 25.5 Å². The van der Waals surface area contributed by atoms with Gasteiger partial charge in [0.1, 0.15) is 5.75 Å². The number of ether oxygens (including phenoxy) is 2. The van der Waals surface area contributed by atoms with E-state index in [0.29, 0.717) is 6.10 Å². The van der Waals surface area contributed by atoms with Crippen molar-refractivity contribution < 1.29 is 9.47 Å². The Morgan fingerprint density at radius 2 is 2.17 bits per heavy atom. The molecule has 4 heteroatoms. The van der Waals surface area contributed by atoms with Gasteiger partial charge < -0.3 is 20.1 Å². The van der Waals surface area contributed by atoms with Crippen LogP contribution in [0.15, 0.2) is 18.2 Å². The fraction of sp³-hybridized carbons (Fsp3) is 0.571. The number of nitrogens with zero attached hydrogens (tertiary/aromatic N) is 1. The van der Waals surface area contributed by atoms with Crippen LogP contribution in [0.25, 0.3) is 0 Å². The summed E-state index contributed by atoms with van der Waals surface area (Å²) in [6, 6.07) is 6.05. The summed E-state index contributed by atoms with van der Waals surface area (Å²) in [5.41, 5.74) is 8.34. The van der Waals surface area contributed by atoms with E-state index in [2.05, 4.69) is 11.0 Å². The fourth-order valence-electron chi connectivity index (χ4n) is 2.58. The Balaban J connectivity index is 2.32. The number of rotatable bonds is 4. The molecule has 1 heterocycles. The van der Waals surface area contributed by atoms with Crippen molar-refractivity contribution in [2.75, 3.05) is 32.2 Å². The molecular formula is C14H22N2O2. The van der Waals surface area contributed by atoms with Crippen molar-refractivity contribution in [3.63, 3.8) is 0 Å². The van der Waals surface area contributed by atoms with Crippen molar-refractivity contribution in [3.05, 3.63) is 23.8 Å². The van der Waals surface area contributed by atoms with Gasteiger partial charge in [-0.25, -0.2) is 0 Å². The largest absolute Gasteiger partial charge is 0.496 e. The molecule has 0 saturated carbocycles. The Morgan fingerprint density at radius 3 is 2.72 bits per heavy atom. The molecule has 18 heavy (non-hydrogen) atoms. The van der Waals surface area contributed by atoms with Crippen molar-refractivity contribution in [3.8, 4) is 5.75 Å². The lowest BCUT2D eigenvalue weighted by Gasteiger charge is -2.25. The minimum Gasteiger partial charge on any atom is -0.496 e. The molecule has 1 aliphatic heterocycles. The molecule has 0 aliphatic carbocycles. The van der Waals surface area contributed by atoms with Gasteiger partial charge in [-0.3, -0.25) is 0 Å². The van der Waals surface area contributed by atoms with E-state index < -0.39 is 0 Å². The monoisotopic (exact) mass is 250 g/mol. The van der Waals surface area contributed by atoms with Crippen LogP contribution in [0.3, 0.4) is 0 Å². The molecule has 0 bridgehead atoms. The zero-order chi connectivity index (χ0) is 13.1. The van der Waals surface area contributed by atoms with Gasteiger partial charge >= 0.3 is 0 Å². The zero-order valence-electron chi connectivity index (χ0n) is 11.3. The molecule has 1 aliphatic rings. The quantitative estimate of drug-likeness (QED) is 0.887. The van der Waals surface area contributed by atoms with Crippen LogP contribution in [0.4, 0.5) is 5.69 Å². The molecule has 1 saturated heterocycles. The molecule has 1 aromatic carbocycles. The van der Waals surface area contributed by atoms with E-state index in [1.165, 1.54) is 5.69 Å². The van der Waals surface area contributed by atoms with Crippen molar-refractivity contribution in [1.82, 2.24) is 0 Å². The van der Waals surface area contributed by atoms with Crippen LogP contribution in [0.5, 0.6) is 5.75 Å². The van der Waals surface area contributed by atoms with Crippen molar-refractivity contribution in [1.29, 1.82) is 0 Å². The standard InChI is InChI=1S/C14H22N2O2/c1-10(15)14-12(5-4-6-13(14)18-3)16-8-7-11(9-16)17-2/h4-6,10-11H,7-9,15H2,1-3H3. The normalized spacial score (nSPS) is 21.1. The van der Waals surface area contributed by atoms with Crippen LogP contribution in [0.1, 0.15) is 24.9 Å². The molecule has 1 fully saturated rings. The maximum absolute atomic E-state index is 6.09. The van der Waals surface area contributed by atoms with Crippen molar-refractivity contribution in [2.24, 2.45) is 5.73 Å². The molecule has 2 rings (SSSR count). The highest BCUT2D eigenvalue weighted by atomic mass is 16.5. The van der Waals surface area contributed by atoms with Crippen LogP contribution in [-0.4, -0.2) is 33.4 Å². The Morgan fingerprint density at radius 1 is 1.39 bits per heavy atom. The predicted molar refractivity (Wildman–Crippen MR) is 73.2 cm³/mol. The molecule has 0 aromatic heterocycles. The van der Waals surface area contributed by atoms with Gasteiger partial charge in [0, 0.05) is 37.5 Å². The maximum Gasteiger partial charge on any atom is 0.125 e. The topological polar surface area (TPSA) is 47.7 Å².